The number of likely N-dealkylation sites (tertiary alicyclic amines) is 1. The number of sulfonamides is 1. The Morgan fingerprint density at radius 2 is 1.77 bits per heavy atom. The quantitative estimate of drug-likeness (QED) is 0.108. The lowest BCUT2D eigenvalue weighted by molar-refractivity contribution is -0.161. The smallest absolute Gasteiger partial charge is 0.307 e. The third-order valence-electron chi connectivity index (χ3n) is 11.3. The molecule has 0 spiro atoms. The summed E-state index contributed by atoms with van der Waals surface area (Å²) in [6, 6.07) is 13.4. The van der Waals surface area contributed by atoms with Crippen LogP contribution in [0.4, 0.5) is 0 Å². The fourth-order valence-electron chi connectivity index (χ4n) is 7.82. The van der Waals surface area contributed by atoms with Crippen LogP contribution >= 0.6 is 11.6 Å². The van der Waals surface area contributed by atoms with Gasteiger partial charge in [-0.3, -0.25) is 23.9 Å². The largest absolute Gasteiger partial charge is 0.495 e. The van der Waals surface area contributed by atoms with E-state index < -0.39 is 79.5 Å². The fourth-order valence-corrected chi connectivity index (χ4v) is 9.51. The number of hydrogen-bond acceptors (Lipinski definition) is 11. The SMILES string of the molecule is C=C[C@@H]1C[C@]1(NC(=O)[C@@H]1C[C@@H](Oc2cc(-c3ccccc3)nc3c2oc2ccc(OC)c(Cl)c23)CN1C(=O)[C@@H](CC(=O)OC(C)(C)C)C(C)(C)C)C(=O)NS(=O)(=O)C1CC1. The van der Waals surface area contributed by atoms with Gasteiger partial charge in [0.05, 0.1) is 47.3 Å². The molecule has 2 aliphatic carbocycles. The third kappa shape index (κ3) is 8.56. The first-order chi connectivity index (χ1) is 28.2. The van der Waals surface area contributed by atoms with E-state index in [4.69, 9.17) is 35.2 Å². The molecule has 2 aromatic heterocycles. The minimum atomic E-state index is -3.94. The van der Waals surface area contributed by atoms with E-state index >= 15 is 0 Å². The van der Waals surface area contributed by atoms with Gasteiger partial charge in [-0.15, -0.1) is 6.58 Å². The minimum absolute atomic E-state index is 0.0308. The van der Waals surface area contributed by atoms with Crippen molar-refractivity contribution in [2.45, 2.75) is 102 Å². The first kappa shape index (κ1) is 43.0. The average Bonchev–Trinajstić information content (AvgIpc) is 4.08. The lowest BCUT2D eigenvalue weighted by Crippen LogP contribution is -2.57. The molecule has 1 saturated heterocycles. The van der Waals surface area contributed by atoms with Gasteiger partial charge in [-0.2, -0.15) is 0 Å². The van der Waals surface area contributed by atoms with Crippen LogP contribution < -0.4 is 19.5 Å². The molecule has 1 aliphatic heterocycles. The molecule has 4 aromatic rings. The number of carbonyl (C=O) groups excluding carboxylic acids is 4. The normalized spacial score (nSPS) is 22.3. The van der Waals surface area contributed by atoms with Crippen LogP contribution in [0.25, 0.3) is 33.3 Å². The highest BCUT2D eigenvalue weighted by Gasteiger charge is 2.62. The van der Waals surface area contributed by atoms with E-state index in [0.717, 1.165) is 5.56 Å². The highest BCUT2D eigenvalue weighted by Crippen LogP contribution is 2.47. The topological polar surface area (TPSA) is 183 Å². The van der Waals surface area contributed by atoms with Crippen molar-refractivity contribution >= 4 is 67.4 Å². The summed E-state index contributed by atoms with van der Waals surface area (Å²) in [5.41, 5.74) is -0.701. The summed E-state index contributed by atoms with van der Waals surface area (Å²) in [5, 5.41) is 2.97. The molecule has 2 saturated carbocycles. The monoisotopic (exact) mass is 862 g/mol. The minimum Gasteiger partial charge on any atom is -0.495 e. The Bertz CT molecular complexity index is 2490. The number of furan rings is 1. The number of benzene rings is 2. The van der Waals surface area contributed by atoms with E-state index in [-0.39, 0.29) is 37.1 Å². The van der Waals surface area contributed by atoms with Crippen LogP contribution in [0.3, 0.4) is 0 Å². The summed E-state index contributed by atoms with van der Waals surface area (Å²) < 4.78 is 52.0. The summed E-state index contributed by atoms with van der Waals surface area (Å²) in [6.07, 6.45) is 1.40. The number of carbonyl (C=O) groups is 4. The maximum Gasteiger partial charge on any atom is 0.307 e. The van der Waals surface area contributed by atoms with E-state index in [0.29, 0.717) is 45.8 Å². The molecule has 0 bridgehead atoms. The first-order valence-corrected chi connectivity index (χ1v) is 21.9. The van der Waals surface area contributed by atoms with Crippen molar-refractivity contribution in [3.05, 3.63) is 66.2 Å². The molecule has 3 amide bonds. The Morgan fingerprint density at radius 3 is 2.37 bits per heavy atom. The summed E-state index contributed by atoms with van der Waals surface area (Å²) in [7, 11) is -2.43. The van der Waals surface area contributed by atoms with Crippen molar-refractivity contribution in [1.82, 2.24) is 19.9 Å². The third-order valence-corrected chi connectivity index (χ3v) is 13.5. The second-order valence-electron chi connectivity index (χ2n) is 18.0. The van der Waals surface area contributed by atoms with Gasteiger partial charge in [0.2, 0.25) is 21.8 Å². The molecule has 7 rings (SSSR count). The number of methoxy groups -OCH3 is 1. The van der Waals surface area contributed by atoms with Gasteiger partial charge in [0, 0.05) is 24.0 Å². The van der Waals surface area contributed by atoms with Crippen molar-refractivity contribution in [2.75, 3.05) is 13.7 Å². The molecule has 2 aromatic carbocycles. The van der Waals surface area contributed by atoms with E-state index in [1.54, 1.807) is 39.0 Å². The van der Waals surface area contributed by atoms with E-state index in [1.807, 2.05) is 51.1 Å². The van der Waals surface area contributed by atoms with Gasteiger partial charge < -0.3 is 28.8 Å². The summed E-state index contributed by atoms with van der Waals surface area (Å²) >= 11 is 6.83. The molecule has 3 heterocycles. The molecule has 0 unspecified atom stereocenters. The van der Waals surface area contributed by atoms with Gasteiger partial charge in [0.1, 0.15) is 40.1 Å². The Labute approximate surface area is 354 Å². The standard InChI is InChI=1S/C44H51ClN4O10S/c1-9-25-22-44(25,41(53)48-60(54,55)27-15-16-27)47-39(51)30-19-26(23-49(30)40(52)28(42(2,3)4)20-34(50)59-43(5,6)7)57-33-21-29(24-13-11-10-12-14-24)46-37-35-31(58-38(33)37)17-18-32(56-8)36(35)45/h9-14,17-18,21,25-28,30H,1,15-16,19-20,22-23H2,2-8H3,(H,47,51)(H,48,53)/t25-,26-,28-,30+,44-/m1/s1. The molecule has 2 N–H and O–H groups in total. The van der Waals surface area contributed by atoms with Crippen LogP contribution in [0.15, 0.2) is 65.6 Å². The number of hydrogen-bond donors (Lipinski definition) is 2. The van der Waals surface area contributed by atoms with Crippen molar-refractivity contribution in [3.8, 4) is 22.8 Å². The number of esters is 1. The van der Waals surface area contributed by atoms with Crippen LogP contribution in [-0.2, 0) is 33.9 Å². The van der Waals surface area contributed by atoms with E-state index in [1.165, 1.54) is 18.1 Å². The molecule has 14 nitrogen and oxygen atoms in total. The zero-order valence-electron chi connectivity index (χ0n) is 34.8. The maximum atomic E-state index is 14.8. The summed E-state index contributed by atoms with van der Waals surface area (Å²) in [5.74, 6) is -3.38. The summed E-state index contributed by atoms with van der Waals surface area (Å²) in [4.78, 5) is 62.6. The average molecular weight is 863 g/mol. The van der Waals surface area contributed by atoms with Gasteiger partial charge in [-0.25, -0.2) is 13.4 Å². The number of halogens is 1. The number of nitrogens with one attached hydrogen (secondary N) is 2. The van der Waals surface area contributed by atoms with E-state index in [2.05, 4.69) is 16.6 Å². The van der Waals surface area contributed by atoms with Gasteiger partial charge in [-0.05, 0) is 57.6 Å². The van der Waals surface area contributed by atoms with Crippen LogP contribution in [0, 0.1) is 17.3 Å². The van der Waals surface area contributed by atoms with Crippen molar-refractivity contribution in [2.24, 2.45) is 17.3 Å². The molecule has 60 heavy (non-hydrogen) atoms. The zero-order chi connectivity index (χ0) is 43.5. The fraction of sp³-hybridized carbons (Fsp3) is 0.477. The lowest BCUT2D eigenvalue weighted by atomic mass is 9.77. The Balaban J connectivity index is 1.26. The van der Waals surface area contributed by atoms with Crippen LogP contribution in [0.5, 0.6) is 11.5 Å². The first-order valence-electron chi connectivity index (χ1n) is 20.0. The summed E-state index contributed by atoms with van der Waals surface area (Å²) in [6.45, 7) is 14.4. The predicted octanol–water partition coefficient (Wildman–Crippen LogP) is 6.72. The highest BCUT2D eigenvalue weighted by molar-refractivity contribution is 7.91. The number of nitrogens with zero attached hydrogens (tertiary/aromatic N) is 2. The van der Waals surface area contributed by atoms with Crippen molar-refractivity contribution < 1.29 is 46.2 Å². The second kappa shape index (κ2) is 15.7. The number of fused-ring (bicyclic) bond motifs is 3. The second-order valence-corrected chi connectivity index (χ2v) is 20.3. The molecule has 3 fully saturated rings. The number of aromatic nitrogens is 1. The predicted molar refractivity (Wildman–Crippen MR) is 226 cm³/mol. The maximum absolute atomic E-state index is 14.8. The van der Waals surface area contributed by atoms with Gasteiger partial charge in [0.15, 0.2) is 11.3 Å². The molecule has 320 valence electrons. The van der Waals surface area contributed by atoms with Gasteiger partial charge >= 0.3 is 5.97 Å². The van der Waals surface area contributed by atoms with Crippen LogP contribution in [0.2, 0.25) is 5.02 Å². The Morgan fingerprint density at radius 1 is 1.07 bits per heavy atom. The van der Waals surface area contributed by atoms with Gasteiger partial charge in [0.25, 0.3) is 5.91 Å². The number of pyridine rings is 1. The highest BCUT2D eigenvalue weighted by atomic mass is 35.5. The van der Waals surface area contributed by atoms with Gasteiger partial charge in [-0.1, -0.05) is 68.8 Å². The molecule has 5 atom stereocenters. The zero-order valence-corrected chi connectivity index (χ0v) is 36.4. The number of ether oxygens (including phenoxy) is 3. The number of rotatable bonds is 13. The molecule has 3 aliphatic rings. The van der Waals surface area contributed by atoms with Crippen molar-refractivity contribution in [3.63, 3.8) is 0 Å². The van der Waals surface area contributed by atoms with Crippen molar-refractivity contribution in [1.29, 1.82) is 0 Å². The van der Waals surface area contributed by atoms with Crippen LogP contribution in [0.1, 0.15) is 73.6 Å². The lowest BCUT2D eigenvalue weighted by Gasteiger charge is -2.35. The molecular weight excluding hydrogens is 812 g/mol. The molecular formula is C44H51ClN4O10S. The number of amides is 3. The Kier molecular flexibility index (Phi) is 11.2. The van der Waals surface area contributed by atoms with E-state index in [9.17, 15) is 27.6 Å². The van der Waals surface area contributed by atoms with Crippen LogP contribution in [-0.4, -0.2) is 84.2 Å². The molecule has 16 heteroatoms. The molecule has 0 radical (unpaired) electrons. The Hall–Kier alpha value is -5.15.